The molecule has 0 bridgehead atoms. The Morgan fingerprint density at radius 2 is 1.68 bits per heavy atom. The van der Waals surface area contributed by atoms with Crippen LogP contribution in [0.15, 0.2) is 60.7 Å². The van der Waals surface area contributed by atoms with Gasteiger partial charge in [-0.25, -0.2) is 4.79 Å². The number of carbonyl (C=O) groups excluding carboxylic acids is 2. The van der Waals surface area contributed by atoms with Gasteiger partial charge >= 0.3 is 5.97 Å². The largest absolute Gasteiger partial charge is 0.496 e. The van der Waals surface area contributed by atoms with Crippen LogP contribution in [0, 0.1) is 11.3 Å². The number of hydrogen-bond acceptors (Lipinski definition) is 5. The topological polar surface area (TPSA) is 88.4 Å². The van der Waals surface area contributed by atoms with Crippen molar-refractivity contribution >= 4 is 28.3 Å². The summed E-state index contributed by atoms with van der Waals surface area (Å²) in [5.41, 5.74) is 1.04. The molecular weight excluding hydrogens is 356 g/mol. The summed E-state index contributed by atoms with van der Waals surface area (Å²) in [6.45, 7) is 1.48. The molecule has 0 saturated carbocycles. The van der Waals surface area contributed by atoms with Gasteiger partial charge in [-0.05, 0) is 36.6 Å². The van der Waals surface area contributed by atoms with Crippen LogP contribution >= 0.6 is 0 Å². The summed E-state index contributed by atoms with van der Waals surface area (Å²) in [6, 6.07) is 19.2. The van der Waals surface area contributed by atoms with E-state index in [-0.39, 0.29) is 0 Å². The predicted molar refractivity (Wildman–Crippen MR) is 105 cm³/mol. The van der Waals surface area contributed by atoms with E-state index in [0.29, 0.717) is 28.0 Å². The molecular formula is C22H18N2O4. The first-order valence-corrected chi connectivity index (χ1v) is 8.62. The van der Waals surface area contributed by atoms with Crippen LogP contribution in [0.5, 0.6) is 5.75 Å². The molecule has 3 aromatic rings. The molecule has 0 saturated heterocycles. The molecule has 0 fully saturated rings. The summed E-state index contributed by atoms with van der Waals surface area (Å²) in [7, 11) is 1.56. The number of fused-ring (bicyclic) bond motifs is 1. The third-order valence-corrected chi connectivity index (χ3v) is 4.28. The van der Waals surface area contributed by atoms with Crippen LogP contribution in [-0.4, -0.2) is 25.1 Å². The standard InChI is InChI=1S/C22H18N2O4/c1-14(21(25)24-19-10-6-3-7-15(19)13-23)28-22(26)18-11-12-20(27-2)17-9-5-4-8-16(17)18/h3-12,14H,1-2H3,(H,24,25)/t14-/m0/s1. The van der Waals surface area contributed by atoms with Gasteiger partial charge in [0.25, 0.3) is 5.91 Å². The van der Waals surface area contributed by atoms with Crippen LogP contribution in [0.25, 0.3) is 10.8 Å². The maximum Gasteiger partial charge on any atom is 0.339 e. The lowest BCUT2D eigenvalue weighted by Gasteiger charge is -2.15. The lowest BCUT2D eigenvalue weighted by Crippen LogP contribution is -2.30. The fourth-order valence-electron chi connectivity index (χ4n) is 2.83. The number of esters is 1. The molecule has 0 heterocycles. The van der Waals surface area contributed by atoms with Crippen molar-refractivity contribution in [3.05, 3.63) is 71.8 Å². The Morgan fingerprint density at radius 3 is 2.39 bits per heavy atom. The van der Waals surface area contributed by atoms with Gasteiger partial charge in [-0.1, -0.05) is 36.4 Å². The van der Waals surface area contributed by atoms with Crippen molar-refractivity contribution in [3.8, 4) is 11.8 Å². The minimum atomic E-state index is -1.04. The number of anilines is 1. The second-order valence-electron chi connectivity index (χ2n) is 6.06. The van der Waals surface area contributed by atoms with E-state index in [1.54, 1.807) is 49.6 Å². The van der Waals surface area contributed by atoms with Gasteiger partial charge in [0, 0.05) is 5.39 Å². The normalized spacial score (nSPS) is 11.3. The number of ether oxygens (including phenoxy) is 2. The number of hydrogen-bond donors (Lipinski definition) is 1. The van der Waals surface area contributed by atoms with Gasteiger partial charge < -0.3 is 14.8 Å². The van der Waals surface area contributed by atoms with Crippen molar-refractivity contribution in [1.29, 1.82) is 5.26 Å². The minimum Gasteiger partial charge on any atom is -0.496 e. The number of nitrogens with zero attached hydrogens (tertiary/aromatic N) is 1. The van der Waals surface area contributed by atoms with E-state index in [0.717, 1.165) is 5.39 Å². The zero-order chi connectivity index (χ0) is 20.1. The van der Waals surface area contributed by atoms with Crippen LogP contribution in [0.4, 0.5) is 5.69 Å². The highest BCUT2D eigenvalue weighted by molar-refractivity contribution is 6.07. The lowest BCUT2D eigenvalue weighted by molar-refractivity contribution is -0.123. The first kappa shape index (κ1) is 18.9. The molecule has 3 aromatic carbocycles. The zero-order valence-corrected chi connectivity index (χ0v) is 15.4. The summed E-state index contributed by atoms with van der Waals surface area (Å²) in [6.07, 6.45) is -1.04. The SMILES string of the molecule is COc1ccc(C(=O)O[C@@H](C)C(=O)Nc2ccccc2C#N)c2ccccc12. The molecule has 3 rings (SSSR count). The van der Waals surface area contributed by atoms with Gasteiger partial charge in [0.05, 0.1) is 23.9 Å². The van der Waals surface area contributed by atoms with E-state index >= 15 is 0 Å². The molecule has 1 amide bonds. The Morgan fingerprint density at radius 1 is 1.00 bits per heavy atom. The number of rotatable bonds is 5. The zero-order valence-electron chi connectivity index (χ0n) is 15.4. The maximum absolute atomic E-state index is 12.7. The third kappa shape index (κ3) is 3.79. The number of amides is 1. The molecule has 1 atom stereocenters. The molecule has 28 heavy (non-hydrogen) atoms. The Bertz CT molecular complexity index is 1090. The van der Waals surface area contributed by atoms with E-state index in [1.807, 2.05) is 24.3 Å². The maximum atomic E-state index is 12.7. The molecule has 140 valence electrons. The highest BCUT2D eigenvalue weighted by Crippen LogP contribution is 2.29. The second-order valence-corrected chi connectivity index (χ2v) is 6.06. The van der Waals surface area contributed by atoms with E-state index in [1.165, 1.54) is 6.92 Å². The van der Waals surface area contributed by atoms with Gasteiger partial charge in [-0.2, -0.15) is 5.26 Å². The first-order valence-electron chi connectivity index (χ1n) is 8.62. The smallest absolute Gasteiger partial charge is 0.339 e. The molecule has 0 aliphatic rings. The third-order valence-electron chi connectivity index (χ3n) is 4.28. The van der Waals surface area contributed by atoms with Crippen molar-refractivity contribution in [2.45, 2.75) is 13.0 Å². The number of para-hydroxylation sites is 1. The Balaban J connectivity index is 1.79. The quantitative estimate of drug-likeness (QED) is 0.684. The number of methoxy groups -OCH3 is 1. The fraction of sp³-hybridized carbons (Fsp3) is 0.136. The van der Waals surface area contributed by atoms with E-state index in [9.17, 15) is 9.59 Å². The van der Waals surface area contributed by atoms with Gasteiger partial charge in [0.15, 0.2) is 6.10 Å². The van der Waals surface area contributed by atoms with Gasteiger partial charge in [0.1, 0.15) is 11.8 Å². The predicted octanol–water partition coefficient (Wildman–Crippen LogP) is 3.90. The average molecular weight is 374 g/mol. The van der Waals surface area contributed by atoms with E-state index in [4.69, 9.17) is 14.7 Å². The van der Waals surface area contributed by atoms with E-state index < -0.39 is 18.0 Å². The van der Waals surface area contributed by atoms with Crippen LogP contribution in [0.1, 0.15) is 22.8 Å². The molecule has 1 N–H and O–H groups in total. The average Bonchev–Trinajstić information content (AvgIpc) is 2.73. The van der Waals surface area contributed by atoms with Gasteiger partial charge in [-0.3, -0.25) is 4.79 Å². The van der Waals surface area contributed by atoms with Crippen molar-refractivity contribution in [2.75, 3.05) is 12.4 Å². The number of benzene rings is 3. The second kappa shape index (κ2) is 8.23. The molecule has 0 spiro atoms. The molecule has 0 unspecified atom stereocenters. The lowest BCUT2D eigenvalue weighted by atomic mass is 10.0. The minimum absolute atomic E-state index is 0.329. The van der Waals surface area contributed by atoms with Crippen LogP contribution in [0.2, 0.25) is 0 Å². The molecule has 6 heteroatoms. The molecule has 6 nitrogen and oxygen atoms in total. The molecule has 0 radical (unpaired) electrons. The summed E-state index contributed by atoms with van der Waals surface area (Å²) in [5.74, 6) is -0.491. The summed E-state index contributed by atoms with van der Waals surface area (Å²) < 4.78 is 10.7. The Kier molecular flexibility index (Phi) is 5.56. The van der Waals surface area contributed by atoms with Gasteiger partial charge in [0.2, 0.25) is 0 Å². The van der Waals surface area contributed by atoms with Crippen LogP contribution in [0.3, 0.4) is 0 Å². The Labute approximate surface area is 162 Å². The number of carbonyl (C=O) groups is 2. The Hall–Kier alpha value is -3.85. The molecule has 0 aliphatic heterocycles. The van der Waals surface area contributed by atoms with Crippen molar-refractivity contribution < 1.29 is 19.1 Å². The highest BCUT2D eigenvalue weighted by Gasteiger charge is 2.21. The van der Waals surface area contributed by atoms with E-state index in [2.05, 4.69) is 5.32 Å². The number of nitrogens with one attached hydrogen (secondary N) is 1. The fourth-order valence-corrected chi connectivity index (χ4v) is 2.83. The van der Waals surface area contributed by atoms with Crippen LogP contribution in [-0.2, 0) is 9.53 Å². The van der Waals surface area contributed by atoms with Crippen molar-refractivity contribution in [3.63, 3.8) is 0 Å². The highest BCUT2D eigenvalue weighted by atomic mass is 16.5. The van der Waals surface area contributed by atoms with Crippen LogP contribution < -0.4 is 10.1 Å². The van der Waals surface area contributed by atoms with Crippen molar-refractivity contribution in [2.24, 2.45) is 0 Å². The summed E-state index contributed by atoms with van der Waals surface area (Å²) in [5, 5.41) is 13.2. The van der Waals surface area contributed by atoms with Gasteiger partial charge in [-0.15, -0.1) is 0 Å². The summed E-state index contributed by atoms with van der Waals surface area (Å²) in [4.78, 5) is 25.0. The molecule has 0 aliphatic carbocycles. The summed E-state index contributed by atoms with van der Waals surface area (Å²) >= 11 is 0. The first-order chi connectivity index (χ1) is 13.5. The molecule has 0 aromatic heterocycles. The monoisotopic (exact) mass is 374 g/mol. The van der Waals surface area contributed by atoms with Crippen molar-refractivity contribution in [1.82, 2.24) is 0 Å². The number of nitriles is 1.